The van der Waals surface area contributed by atoms with Crippen LogP contribution in [0.3, 0.4) is 0 Å². The lowest BCUT2D eigenvalue weighted by Crippen LogP contribution is -2.58. The molecule has 1 heterocycles. The standard InChI is InChI=1S/C27H29NO4/c1-27(21-13-18-12-19(15-21)16-22(27)14-18)32-26(29)17-31-24-8-6-23(7-9-24)28(30)11-10-20-4-2-3-5-25(20)28/h2-11,18-19,21-22H,12-17H2,1H3. The van der Waals surface area contributed by atoms with Gasteiger partial charge in [0.2, 0.25) is 0 Å². The molecule has 1 aliphatic heterocycles. The highest BCUT2D eigenvalue weighted by Crippen LogP contribution is 2.59. The Kier molecular flexibility index (Phi) is 4.50. The van der Waals surface area contributed by atoms with Crippen molar-refractivity contribution in [1.82, 2.24) is 4.65 Å². The molecule has 0 N–H and O–H groups in total. The second kappa shape index (κ2) is 7.19. The van der Waals surface area contributed by atoms with Gasteiger partial charge in [0, 0.05) is 29.8 Å². The second-order valence-electron chi connectivity index (χ2n) is 10.3. The number of quaternary nitrogens is 1. The first kappa shape index (κ1) is 20.0. The Morgan fingerprint density at radius 3 is 2.34 bits per heavy atom. The van der Waals surface area contributed by atoms with E-state index in [0.717, 1.165) is 17.4 Å². The van der Waals surface area contributed by atoms with Crippen molar-refractivity contribution in [3.05, 3.63) is 65.5 Å². The molecule has 4 aliphatic carbocycles. The number of hydrogen-bond donors (Lipinski definition) is 0. The summed E-state index contributed by atoms with van der Waals surface area (Å²) in [7, 11) is 0. The van der Waals surface area contributed by atoms with Gasteiger partial charge in [0.15, 0.2) is 6.61 Å². The molecular formula is C27H29NO4. The maximum absolute atomic E-state index is 13.4. The van der Waals surface area contributed by atoms with Crippen LogP contribution >= 0.6 is 0 Å². The molecule has 0 amide bonds. The van der Waals surface area contributed by atoms with Crippen LogP contribution in [0.2, 0.25) is 0 Å². The van der Waals surface area contributed by atoms with Gasteiger partial charge in [-0.3, -0.25) is 4.65 Å². The average molecular weight is 432 g/mol. The van der Waals surface area contributed by atoms with E-state index in [1.165, 1.54) is 32.1 Å². The smallest absolute Gasteiger partial charge is 0.344 e. The molecule has 4 fully saturated rings. The molecule has 2 aromatic rings. The summed E-state index contributed by atoms with van der Waals surface area (Å²) in [6.45, 7) is 2.03. The van der Waals surface area contributed by atoms with Crippen LogP contribution in [0.5, 0.6) is 5.75 Å². The van der Waals surface area contributed by atoms with Crippen molar-refractivity contribution < 1.29 is 14.3 Å². The fourth-order valence-electron chi connectivity index (χ4n) is 6.89. The predicted molar refractivity (Wildman–Crippen MR) is 124 cm³/mol. The highest BCUT2D eigenvalue weighted by atomic mass is 16.6. The maximum atomic E-state index is 13.4. The Morgan fingerprint density at radius 1 is 1.00 bits per heavy atom. The van der Waals surface area contributed by atoms with E-state index in [-0.39, 0.29) is 18.2 Å². The van der Waals surface area contributed by atoms with Crippen molar-refractivity contribution in [2.45, 2.75) is 44.6 Å². The summed E-state index contributed by atoms with van der Waals surface area (Å²) < 4.78 is 11.2. The van der Waals surface area contributed by atoms with Crippen LogP contribution in [0.15, 0.2) is 54.7 Å². The van der Waals surface area contributed by atoms with Gasteiger partial charge in [0.1, 0.15) is 28.9 Å². The monoisotopic (exact) mass is 431 g/mol. The molecule has 0 aromatic heterocycles. The van der Waals surface area contributed by atoms with Gasteiger partial charge in [0.25, 0.3) is 0 Å². The number of carbonyl (C=O) groups is 1. The van der Waals surface area contributed by atoms with E-state index in [1.807, 2.05) is 30.3 Å². The van der Waals surface area contributed by atoms with E-state index < -0.39 is 4.65 Å². The van der Waals surface area contributed by atoms with Crippen molar-refractivity contribution in [3.63, 3.8) is 0 Å². The van der Waals surface area contributed by atoms with Crippen LogP contribution in [0.1, 0.15) is 44.6 Å². The molecule has 1 unspecified atom stereocenters. The van der Waals surface area contributed by atoms with Gasteiger partial charge in [-0.1, -0.05) is 12.1 Å². The maximum Gasteiger partial charge on any atom is 0.344 e. The Morgan fingerprint density at radius 2 is 1.66 bits per heavy atom. The number of rotatable bonds is 5. The Balaban J connectivity index is 1.10. The molecule has 2 aromatic carbocycles. The molecule has 5 aliphatic rings. The molecule has 0 spiro atoms. The first-order valence-corrected chi connectivity index (χ1v) is 11.8. The lowest BCUT2D eigenvalue weighted by atomic mass is 9.50. The minimum Gasteiger partial charge on any atom is -0.617 e. The third kappa shape index (κ3) is 3.10. The highest BCUT2D eigenvalue weighted by molar-refractivity contribution is 5.79. The molecule has 166 valence electrons. The predicted octanol–water partition coefficient (Wildman–Crippen LogP) is 5.94. The van der Waals surface area contributed by atoms with Crippen molar-refractivity contribution in [3.8, 4) is 5.75 Å². The van der Waals surface area contributed by atoms with Crippen molar-refractivity contribution in [2.75, 3.05) is 6.61 Å². The Hall–Kier alpha value is -2.63. The number of para-hydroxylation sites is 1. The lowest BCUT2D eigenvalue weighted by molar-refractivity contribution is -0.204. The van der Waals surface area contributed by atoms with Gasteiger partial charge >= 0.3 is 5.97 Å². The number of ether oxygens (including phenoxy) is 2. The minimum absolute atomic E-state index is 0.110. The highest BCUT2D eigenvalue weighted by Gasteiger charge is 2.57. The number of carbonyl (C=O) groups excluding carboxylic acids is 1. The molecule has 0 saturated heterocycles. The summed E-state index contributed by atoms with van der Waals surface area (Å²) in [5, 5.41) is 13.4. The molecule has 4 bridgehead atoms. The van der Waals surface area contributed by atoms with E-state index in [2.05, 4.69) is 6.92 Å². The molecule has 5 heteroatoms. The van der Waals surface area contributed by atoms with Gasteiger partial charge in [-0.05, 0) is 80.9 Å². The topological polar surface area (TPSA) is 58.6 Å². The molecule has 4 saturated carbocycles. The second-order valence-corrected chi connectivity index (χ2v) is 10.3. The van der Waals surface area contributed by atoms with Gasteiger partial charge < -0.3 is 14.7 Å². The van der Waals surface area contributed by atoms with Crippen LogP contribution in [-0.4, -0.2) is 18.2 Å². The number of nitrogens with zero attached hydrogens (tertiary/aromatic N) is 1. The molecule has 32 heavy (non-hydrogen) atoms. The van der Waals surface area contributed by atoms with E-state index in [1.54, 1.807) is 30.5 Å². The number of hydrogen-bond acceptors (Lipinski definition) is 4. The van der Waals surface area contributed by atoms with Crippen LogP contribution in [0.4, 0.5) is 11.4 Å². The van der Waals surface area contributed by atoms with Gasteiger partial charge in [-0.15, -0.1) is 0 Å². The zero-order chi connectivity index (χ0) is 21.9. The van der Waals surface area contributed by atoms with Crippen molar-refractivity contribution >= 4 is 23.4 Å². The lowest BCUT2D eigenvalue weighted by Gasteiger charge is -2.59. The summed E-state index contributed by atoms with van der Waals surface area (Å²) in [6.07, 6.45) is 9.67. The summed E-state index contributed by atoms with van der Waals surface area (Å²) in [5.74, 6) is 2.93. The largest absolute Gasteiger partial charge is 0.617 e. The summed E-state index contributed by atoms with van der Waals surface area (Å²) in [4.78, 5) is 12.7. The third-order valence-corrected chi connectivity index (χ3v) is 8.43. The average Bonchev–Trinajstić information content (AvgIpc) is 3.14. The molecule has 7 rings (SSSR count). The van der Waals surface area contributed by atoms with E-state index >= 15 is 0 Å². The van der Waals surface area contributed by atoms with E-state index in [4.69, 9.17) is 9.47 Å². The van der Waals surface area contributed by atoms with Crippen LogP contribution in [0.25, 0.3) is 6.08 Å². The minimum atomic E-state index is -0.623. The Bertz CT molecular complexity index is 1050. The summed E-state index contributed by atoms with van der Waals surface area (Å²) in [6, 6.07) is 14.6. The van der Waals surface area contributed by atoms with Gasteiger partial charge in [-0.2, -0.15) is 0 Å². The normalized spacial score (nSPS) is 36.2. The molecular weight excluding hydrogens is 402 g/mol. The molecule has 1 atom stereocenters. The number of esters is 1. The van der Waals surface area contributed by atoms with Crippen LogP contribution < -0.4 is 9.38 Å². The number of fused-ring (bicyclic) bond motifs is 1. The molecule has 5 nitrogen and oxygen atoms in total. The van der Waals surface area contributed by atoms with Gasteiger partial charge in [-0.25, -0.2) is 4.79 Å². The number of benzene rings is 2. The fourth-order valence-corrected chi connectivity index (χ4v) is 6.89. The summed E-state index contributed by atoms with van der Waals surface area (Å²) >= 11 is 0. The quantitative estimate of drug-likeness (QED) is 0.334. The van der Waals surface area contributed by atoms with Crippen LogP contribution in [0, 0.1) is 28.9 Å². The van der Waals surface area contributed by atoms with Crippen molar-refractivity contribution in [1.29, 1.82) is 0 Å². The molecule has 0 radical (unpaired) electrons. The van der Waals surface area contributed by atoms with E-state index in [9.17, 15) is 10.0 Å². The van der Waals surface area contributed by atoms with Gasteiger partial charge in [0.05, 0.1) is 0 Å². The van der Waals surface area contributed by atoms with Crippen molar-refractivity contribution in [2.24, 2.45) is 23.7 Å². The number of hydroxylamine groups is 1. The zero-order valence-electron chi connectivity index (χ0n) is 18.4. The van der Waals surface area contributed by atoms with E-state index in [0.29, 0.717) is 29.0 Å². The fraction of sp³-hybridized carbons (Fsp3) is 0.444. The third-order valence-electron chi connectivity index (χ3n) is 8.43. The van der Waals surface area contributed by atoms with Crippen LogP contribution in [-0.2, 0) is 9.53 Å². The SMILES string of the molecule is CC1(OC(=O)COc2ccc([N+]3([O-])C=Cc4ccccc43)cc2)C2CC3CC(C2)CC1C3. The first-order chi connectivity index (χ1) is 15.4. The summed E-state index contributed by atoms with van der Waals surface area (Å²) in [5.41, 5.74) is 1.89. The zero-order valence-corrected chi connectivity index (χ0v) is 18.4. The Labute approximate surface area is 188 Å². The first-order valence-electron chi connectivity index (χ1n) is 11.8.